The molecule has 1 aromatic carbocycles. The Morgan fingerprint density at radius 1 is 1.53 bits per heavy atom. The van der Waals surface area contributed by atoms with Gasteiger partial charge in [0.1, 0.15) is 0 Å². The number of hydrogen-bond donors (Lipinski definition) is 1. The number of thioether (sulfide) groups is 1. The minimum Gasteiger partial charge on any atom is -0.493 e. The maximum absolute atomic E-state index is 6.04. The lowest BCUT2D eigenvalue weighted by atomic mass is 10.2. The number of anilines is 1. The van der Waals surface area contributed by atoms with Gasteiger partial charge in [-0.3, -0.25) is 0 Å². The number of methoxy groups -OCH3 is 1. The SMILES string of the molecule is COc1c(Cl)cccc1NC1CCSC1. The van der Waals surface area contributed by atoms with E-state index in [0.717, 1.165) is 17.2 Å². The summed E-state index contributed by atoms with van der Waals surface area (Å²) in [6, 6.07) is 6.33. The van der Waals surface area contributed by atoms with Gasteiger partial charge in [0.15, 0.2) is 5.75 Å². The zero-order valence-electron chi connectivity index (χ0n) is 8.63. The van der Waals surface area contributed by atoms with Crippen molar-refractivity contribution in [2.24, 2.45) is 0 Å². The van der Waals surface area contributed by atoms with Crippen LogP contribution in [-0.2, 0) is 0 Å². The molecule has 1 fully saturated rings. The van der Waals surface area contributed by atoms with Gasteiger partial charge in [-0.05, 0) is 24.3 Å². The highest BCUT2D eigenvalue weighted by Crippen LogP contribution is 2.34. The average Bonchev–Trinajstić information content (AvgIpc) is 2.71. The molecule has 1 heterocycles. The van der Waals surface area contributed by atoms with Crippen molar-refractivity contribution in [1.82, 2.24) is 0 Å². The molecule has 0 aromatic heterocycles. The fraction of sp³-hybridized carbons (Fsp3) is 0.455. The third-order valence-electron chi connectivity index (χ3n) is 2.46. The van der Waals surface area contributed by atoms with Gasteiger partial charge in [0.05, 0.1) is 17.8 Å². The van der Waals surface area contributed by atoms with Crippen LogP contribution in [0.4, 0.5) is 5.69 Å². The first-order chi connectivity index (χ1) is 7.31. The maximum atomic E-state index is 6.04. The first-order valence-electron chi connectivity index (χ1n) is 4.98. The minimum atomic E-state index is 0.544. The summed E-state index contributed by atoms with van der Waals surface area (Å²) < 4.78 is 5.29. The molecule has 2 nitrogen and oxygen atoms in total. The van der Waals surface area contributed by atoms with E-state index in [9.17, 15) is 0 Å². The summed E-state index contributed by atoms with van der Waals surface area (Å²) in [6.45, 7) is 0. The van der Waals surface area contributed by atoms with Crippen molar-refractivity contribution in [3.8, 4) is 5.75 Å². The molecule has 1 aliphatic rings. The van der Waals surface area contributed by atoms with Crippen LogP contribution in [0.1, 0.15) is 6.42 Å². The van der Waals surface area contributed by atoms with Crippen LogP contribution in [0.5, 0.6) is 5.75 Å². The fourth-order valence-corrected chi connectivity index (χ4v) is 3.10. The largest absolute Gasteiger partial charge is 0.493 e. The van der Waals surface area contributed by atoms with E-state index in [4.69, 9.17) is 16.3 Å². The summed E-state index contributed by atoms with van der Waals surface area (Å²) in [7, 11) is 1.65. The van der Waals surface area contributed by atoms with Gasteiger partial charge in [-0.15, -0.1) is 0 Å². The summed E-state index contributed by atoms with van der Waals surface area (Å²) in [5.41, 5.74) is 0.998. The lowest BCUT2D eigenvalue weighted by Gasteiger charge is -2.16. The van der Waals surface area contributed by atoms with Crippen LogP contribution in [0.2, 0.25) is 5.02 Å². The number of para-hydroxylation sites is 1. The molecular weight excluding hydrogens is 230 g/mol. The van der Waals surface area contributed by atoms with E-state index < -0.39 is 0 Å². The molecule has 1 aliphatic heterocycles. The predicted octanol–water partition coefficient (Wildman–Crippen LogP) is 3.27. The molecule has 2 rings (SSSR count). The first-order valence-corrected chi connectivity index (χ1v) is 6.51. The highest BCUT2D eigenvalue weighted by atomic mass is 35.5. The van der Waals surface area contributed by atoms with Crippen LogP contribution in [-0.4, -0.2) is 24.7 Å². The van der Waals surface area contributed by atoms with Crippen molar-refractivity contribution in [2.45, 2.75) is 12.5 Å². The molecule has 4 heteroatoms. The molecule has 1 unspecified atom stereocenters. The number of benzene rings is 1. The summed E-state index contributed by atoms with van der Waals surface area (Å²) in [5.74, 6) is 3.15. The number of ether oxygens (including phenoxy) is 1. The minimum absolute atomic E-state index is 0.544. The van der Waals surface area contributed by atoms with Gasteiger partial charge in [0.2, 0.25) is 0 Å². The molecule has 0 bridgehead atoms. The van der Waals surface area contributed by atoms with E-state index in [2.05, 4.69) is 5.32 Å². The van der Waals surface area contributed by atoms with E-state index in [1.165, 1.54) is 12.2 Å². The number of rotatable bonds is 3. The lowest BCUT2D eigenvalue weighted by molar-refractivity contribution is 0.416. The van der Waals surface area contributed by atoms with Crippen LogP contribution in [0, 0.1) is 0 Å². The summed E-state index contributed by atoms with van der Waals surface area (Å²) >= 11 is 8.03. The second kappa shape index (κ2) is 4.99. The van der Waals surface area contributed by atoms with Gasteiger partial charge >= 0.3 is 0 Å². The second-order valence-corrected chi connectivity index (χ2v) is 5.08. The van der Waals surface area contributed by atoms with Crippen LogP contribution >= 0.6 is 23.4 Å². The van der Waals surface area contributed by atoms with Crippen LogP contribution in [0.3, 0.4) is 0 Å². The Morgan fingerprint density at radius 2 is 2.40 bits per heavy atom. The van der Waals surface area contributed by atoms with Crippen molar-refractivity contribution < 1.29 is 4.74 Å². The molecule has 0 radical (unpaired) electrons. The van der Waals surface area contributed by atoms with Gasteiger partial charge < -0.3 is 10.1 Å². The third kappa shape index (κ3) is 2.52. The molecule has 15 heavy (non-hydrogen) atoms. The Morgan fingerprint density at radius 3 is 3.07 bits per heavy atom. The van der Waals surface area contributed by atoms with Gasteiger partial charge in [-0.25, -0.2) is 0 Å². The zero-order chi connectivity index (χ0) is 10.7. The molecule has 0 aliphatic carbocycles. The third-order valence-corrected chi connectivity index (χ3v) is 3.92. The van der Waals surface area contributed by atoms with Crippen molar-refractivity contribution in [1.29, 1.82) is 0 Å². The highest BCUT2D eigenvalue weighted by Gasteiger charge is 2.17. The van der Waals surface area contributed by atoms with Gasteiger partial charge in [0.25, 0.3) is 0 Å². The van der Waals surface area contributed by atoms with Crippen molar-refractivity contribution >= 4 is 29.1 Å². The summed E-state index contributed by atoms with van der Waals surface area (Å²) in [5, 5.41) is 4.13. The number of halogens is 1. The van der Waals surface area contributed by atoms with Crippen molar-refractivity contribution in [2.75, 3.05) is 23.9 Å². The fourth-order valence-electron chi connectivity index (χ4n) is 1.70. The molecule has 1 N–H and O–H groups in total. The number of hydrogen-bond acceptors (Lipinski definition) is 3. The monoisotopic (exact) mass is 243 g/mol. The molecular formula is C11H14ClNOS. The molecule has 82 valence electrons. The second-order valence-electron chi connectivity index (χ2n) is 3.53. The first kappa shape index (κ1) is 11.0. The van der Waals surface area contributed by atoms with Crippen LogP contribution < -0.4 is 10.1 Å². The highest BCUT2D eigenvalue weighted by molar-refractivity contribution is 7.99. The molecule has 0 amide bonds. The molecule has 0 spiro atoms. The van der Waals surface area contributed by atoms with Crippen LogP contribution in [0.15, 0.2) is 18.2 Å². The van der Waals surface area contributed by atoms with Crippen molar-refractivity contribution in [3.05, 3.63) is 23.2 Å². The average molecular weight is 244 g/mol. The Balaban J connectivity index is 2.15. The normalized spacial score (nSPS) is 20.3. The molecule has 1 saturated heterocycles. The summed E-state index contributed by atoms with van der Waals surface area (Å²) in [4.78, 5) is 0. The quantitative estimate of drug-likeness (QED) is 0.881. The van der Waals surface area contributed by atoms with E-state index in [1.807, 2.05) is 30.0 Å². The Hall–Kier alpha value is -0.540. The predicted molar refractivity (Wildman–Crippen MR) is 67.4 cm³/mol. The zero-order valence-corrected chi connectivity index (χ0v) is 10.2. The van der Waals surface area contributed by atoms with E-state index in [1.54, 1.807) is 7.11 Å². The number of nitrogens with one attached hydrogen (secondary N) is 1. The van der Waals surface area contributed by atoms with Gasteiger partial charge in [-0.1, -0.05) is 17.7 Å². The molecule has 1 aromatic rings. The Labute approximate surface area is 99.3 Å². The molecule has 0 saturated carbocycles. The Bertz CT molecular complexity index is 339. The van der Waals surface area contributed by atoms with Crippen LogP contribution in [0.25, 0.3) is 0 Å². The standard InChI is InChI=1S/C11H14ClNOS/c1-14-11-9(12)3-2-4-10(11)13-8-5-6-15-7-8/h2-4,8,13H,5-7H2,1H3. The van der Waals surface area contributed by atoms with E-state index in [-0.39, 0.29) is 0 Å². The maximum Gasteiger partial charge on any atom is 0.160 e. The lowest BCUT2D eigenvalue weighted by Crippen LogP contribution is -2.18. The smallest absolute Gasteiger partial charge is 0.160 e. The summed E-state index contributed by atoms with van der Waals surface area (Å²) in [6.07, 6.45) is 1.21. The van der Waals surface area contributed by atoms with E-state index in [0.29, 0.717) is 11.1 Å². The Kier molecular flexibility index (Phi) is 3.65. The topological polar surface area (TPSA) is 21.3 Å². The van der Waals surface area contributed by atoms with Crippen molar-refractivity contribution in [3.63, 3.8) is 0 Å². The van der Waals surface area contributed by atoms with Gasteiger partial charge in [-0.2, -0.15) is 11.8 Å². The molecule has 1 atom stereocenters. The van der Waals surface area contributed by atoms with E-state index >= 15 is 0 Å². The van der Waals surface area contributed by atoms with Gasteiger partial charge in [0, 0.05) is 11.8 Å².